The first-order valence-corrected chi connectivity index (χ1v) is 6.42. The number of benzene rings is 1. The van der Waals surface area contributed by atoms with Gasteiger partial charge in [0.25, 0.3) is 0 Å². The van der Waals surface area contributed by atoms with Crippen LogP contribution in [-0.2, 0) is 4.79 Å². The molecule has 1 N–H and O–H groups in total. The molecule has 1 aliphatic heterocycles. The molecule has 1 amide bonds. The highest BCUT2D eigenvalue weighted by molar-refractivity contribution is 5.91. The topological polar surface area (TPSA) is 32.3 Å². The summed E-state index contributed by atoms with van der Waals surface area (Å²) in [5.41, 5.74) is 2.28. The van der Waals surface area contributed by atoms with Crippen LogP contribution in [0.2, 0.25) is 0 Å². The first-order chi connectivity index (χ1) is 8.65. The number of carbonyl (C=O) groups is 1. The van der Waals surface area contributed by atoms with E-state index in [1.807, 2.05) is 23.1 Å². The second-order valence-electron chi connectivity index (χ2n) is 4.89. The van der Waals surface area contributed by atoms with Gasteiger partial charge < -0.3 is 10.2 Å². The molecule has 1 aliphatic rings. The summed E-state index contributed by atoms with van der Waals surface area (Å²) in [4.78, 5) is 13.9. The van der Waals surface area contributed by atoms with E-state index in [1.54, 1.807) is 6.08 Å². The summed E-state index contributed by atoms with van der Waals surface area (Å²) >= 11 is 0. The Bertz CT molecular complexity index is 454. The molecule has 1 aromatic rings. The number of amides is 1. The molecule has 0 aromatic heterocycles. The lowest BCUT2D eigenvalue weighted by Crippen LogP contribution is -2.50. The van der Waals surface area contributed by atoms with Gasteiger partial charge in [0.2, 0.25) is 5.91 Å². The highest BCUT2D eigenvalue weighted by atomic mass is 16.2. The average molecular weight is 244 g/mol. The molecule has 1 saturated heterocycles. The molecule has 0 aliphatic carbocycles. The summed E-state index contributed by atoms with van der Waals surface area (Å²) in [6, 6.07) is 8.53. The van der Waals surface area contributed by atoms with Crippen molar-refractivity contribution in [1.82, 2.24) is 10.2 Å². The molecular formula is C15H20N2O. The number of nitrogens with zero attached hydrogens (tertiary/aromatic N) is 1. The van der Waals surface area contributed by atoms with E-state index in [0.29, 0.717) is 6.04 Å². The summed E-state index contributed by atoms with van der Waals surface area (Å²) < 4.78 is 0. The minimum atomic E-state index is 0.102. The standard InChI is InChI=1S/C15H20N2O/c1-12-4-3-5-14(10-12)6-7-15(18)17-9-8-16-13(2)11-17/h3-7,10,13,16H,8-9,11H2,1-2H3/b7-6+. The Hall–Kier alpha value is -1.61. The predicted octanol–water partition coefficient (Wildman–Crippen LogP) is 1.83. The van der Waals surface area contributed by atoms with Crippen molar-refractivity contribution in [2.75, 3.05) is 19.6 Å². The molecule has 1 fully saturated rings. The first-order valence-electron chi connectivity index (χ1n) is 6.42. The maximum atomic E-state index is 12.0. The summed E-state index contributed by atoms with van der Waals surface area (Å²) in [5, 5.41) is 3.33. The summed E-state index contributed by atoms with van der Waals surface area (Å²) in [6.07, 6.45) is 3.56. The molecule has 18 heavy (non-hydrogen) atoms. The summed E-state index contributed by atoms with van der Waals surface area (Å²) in [5.74, 6) is 0.102. The number of hydrogen-bond acceptors (Lipinski definition) is 2. The fourth-order valence-corrected chi connectivity index (χ4v) is 2.18. The molecule has 3 nitrogen and oxygen atoms in total. The highest BCUT2D eigenvalue weighted by Gasteiger charge is 2.18. The number of rotatable bonds is 2. The lowest BCUT2D eigenvalue weighted by Gasteiger charge is -2.31. The van der Waals surface area contributed by atoms with Crippen molar-refractivity contribution in [1.29, 1.82) is 0 Å². The molecule has 0 spiro atoms. The smallest absolute Gasteiger partial charge is 0.246 e. The molecule has 0 radical (unpaired) electrons. The zero-order valence-corrected chi connectivity index (χ0v) is 11.0. The number of carbonyl (C=O) groups excluding carboxylic acids is 1. The number of aryl methyl sites for hydroxylation is 1. The van der Waals surface area contributed by atoms with E-state index in [4.69, 9.17) is 0 Å². The van der Waals surface area contributed by atoms with Crippen molar-refractivity contribution >= 4 is 12.0 Å². The van der Waals surface area contributed by atoms with Gasteiger partial charge in [-0.25, -0.2) is 0 Å². The van der Waals surface area contributed by atoms with Gasteiger partial charge in [0.15, 0.2) is 0 Å². The van der Waals surface area contributed by atoms with Crippen molar-refractivity contribution in [3.05, 3.63) is 41.5 Å². The third-order valence-electron chi connectivity index (χ3n) is 3.14. The van der Waals surface area contributed by atoms with Crippen molar-refractivity contribution in [3.63, 3.8) is 0 Å². The lowest BCUT2D eigenvalue weighted by molar-refractivity contribution is -0.127. The average Bonchev–Trinajstić information content (AvgIpc) is 2.36. The maximum absolute atomic E-state index is 12.0. The lowest BCUT2D eigenvalue weighted by atomic mass is 10.1. The van der Waals surface area contributed by atoms with E-state index in [-0.39, 0.29) is 5.91 Å². The molecule has 1 atom stereocenters. The Morgan fingerprint density at radius 1 is 1.50 bits per heavy atom. The molecule has 96 valence electrons. The molecule has 0 bridgehead atoms. The molecular weight excluding hydrogens is 224 g/mol. The van der Waals surface area contributed by atoms with Crippen LogP contribution in [0, 0.1) is 6.92 Å². The van der Waals surface area contributed by atoms with Gasteiger partial charge in [-0.15, -0.1) is 0 Å². The van der Waals surface area contributed by atoms with E-state index in [2.05, 4.69) is 31.3 Å². The fraction of sp³-hybridized carbons (Fsp3) is 0.400. The van der Waals surface area contributed by atoms with Crippen LogP contribution >= 0.6 is 0 Å². The Labute approximate surface area is 108 Å². The second kappa shape index (κ2) is 5.83. The SMILES string of the molecule is Cc1cccc(/C=C/C(=O)N2CCNC(C)C2)c1. The van der Waals surface area contributed by atoms with Crippen LogP contribution in [0.4, 0.5) is 0 Å². The zero-order chi connectivity index (χ0) is 13.0. The normalized spacial score (nSPS) is 20.3. The predicted molar refractivity (Wildman–Crippen MR) is 74.3 cm³/mol. The van der Waals surface area contributed by atoms with Gasteiger partial charge in [-0.2, -0.15) is 0 Å². The van der Waals surface area contributed by atoms with Crippen LogP contribution in [0.3, 0.4) is 0 Å². The number of hydrogen-bond donors (Lipinski definition) is 1. The van der Waals surface area contributed by atoms with Crippen LogP contribution < -0.4 is 5.32 Å². The van der Waals surface area contributed by atoms with E-state index < -0.39 is 0 Å². The number of nitrogens with one attached hydrogen (secondary N) is 1. The third kappa shape index (κ3) is 3.44. The van der Waals surface area contributed by atoms with Crippen LogP contribution in [0.15, 0.2) is 30.3 Å². The van der Waals surface area contributed by atoms with Crippen LogP contribution in [0.1, 0.15) is 18.1 Å². The van der Waals surface area contributed by atoms with Crippen LogP contribution in [-0.4, -0.2) is 36.5 Å². The van der Waals surface area contributed by atoms with Gasteiger partial charge in [-0.1, -0.05) is 29.8 Å². The first kappa shape index (κ1) is 12.8. The Kier molecular flexibility index (Phi) is 4.15. The van der Waals surface area contributed by atoms with Crippen LogP contribution in [0.5, 0.6) is 0 Å². The van der Waals surface area contributed by atoms with Gasteiger partial charge in [0.05, 0.1) is 0 Å². The van der Waals surface area contributed by atoms with Gasteiger partial charge >= 0.3 is 0 Å². The van der Waals surface area contributed by atoms with Crippen molar-refractivity contribution in [3.8, 4) is 0 Å². The second-order valence-corrected chi connectivity index (χ2v) is 4.89. The van der Waals surface area contributed by atoms with E-state index in [0.717, 1.165) is 25.2 Å². The molecule has 0 saturated carbocycles. The third-order valence-corrected chi connectivity index (χ3v) is 3.14. The quantitative estimate of drug-likeness (QED) is 0.805. The molecule has 1 heterocycles. The zero-order valence-electron chi connectivity index (χ0n) is 11.0. The van der Waals surface area contributed by atoms with Crippen LogP contribution in [0.25, 0.3) is 6.08 Å². The van der Waals surface area contributed by atoms with Crippen molar-refractivity contribution < 1.29 is 4.79 Å². The Morgan fingerprint density at radius 2 is 2.33 bits per heavy atom. The minimum Gasteiger partial charge on any atom is -0.336 e. The van der Waals surface area contributed by atoms with Gasteiger partial charge in [-0.05, 0) is 25.5 Å². The summed E-state index contributed by atoms with van der Waals surface area (Å²) in [7, 11) is 0. The van der Waals surface area contributed by atoms with Gasteiger partial charge in [-0.3, -0.25) is 4.79 Å². The van der Waals surface area contributed by atoms with Crippen molar-refractivity contribution in [2.24, 2.45) is 0 Å². The van der Waals surface area contributed by atoms with E-state index >= 15 is 0 Å². The molecule has 2 rings (SSSR count). The largest absolute Gasteiger partial charge is 0.336 e. The van der Waals surface area contributed by atoms with E-state index in [9.17, 15) is 4.79 Å². The summed E-state index contributed by atoms with van der Waals surface area (Å²) in [6.45, 7) is 6.62. The van der Waals surface area contributed by atoms with Gasteiger partial charge in [0, 0.05) is 31.8 Å². The Balaban J connectivity index is 1.98. The number of piperazine rings is 1. The fourth-order valence-electron chi connectivity index (χ4n) is 2.18. The highest BCUT2D eigenvalue weighted by Crippen LogP contribution is 2.07. The maximum Gasteiger partial charge on any atom is 0.246 e. The van der Waals surface area contributed by atoms with Crippen molar-refractivity contribution in [2.45, 2.75) is 19.9 Å². The molecule has 1 unspecified atom stereocenters. The molecule has 3 heteroatoms. The molecule has 1 aromatic carbocycles. The monoisotopic (exact) mass is 244 g/mol. The van der Waals surface area contributed by atoms with E-state index in [1.165, 1.54) is 5.56 Å². The minimum absolute atomic E-state index is 0.102. The Morgan fingerprint density at radius 3 is 3.06 bits per heavy atom. The van der Waals surface area contributed by atoms with Gasteiger partial charge in [0.1, 0.15) is 0 Å².